The Bertz CT molecular complexity index is 614. The van der Waals surface area contributed by atoms with Crippen molar-refractivity contribution in [2.45, 2.75) is 0 Å². The molecule has 0 spiro atoms. The number of non-ortho nitro benzene ring substituents is 1. The van der Waals surface area contributed by atoms with Crippen LogP contribution in [-0.2, 0) is 19.1 Å². The molecule has 0 radical (unpaired) electrons. The number of anilines is 1. The van der Waals surface area contributed by atoms with E-state index in [1.807, 2.05) is 0 Å². The van der Waals surface area contributed by atoms with Crippen molar-refractivity contribution in [2.24, 2.45) is 0 Å². The minimum atomic E-state index is -0.858. The minimum Gasteiger partial charge on any atom is -0.466 e. The summed E-state index contributed by atoms with van der Waals surface area (Å²) in [4.78, 5) is 32.9. The predicted octanol–water partition coefficient (Wildman–Crippen LogP) is 1.89. The number of nitro groups is 1. The molecular weight excluding hydrogens is 304 g/mol. The average Bonchev–Trinajstić information content (AvgIpc) is 2.47. The van der Waals surface area contributed by atoms with E-state index in [-0.39, 0.29) is 22.1 Å². The molecule has 1 N–H and O–H groups in total. The summed E-state index contributed by atoms with van der Waals surface area (Å²) in [7, 11) is 2.25. The van der Waals surface area contributed by atoms with Crippen LogP contribution in [0, 0.1) is 10.1 Å². The van der Waals surface area contributed by atoms with Crippen molar-refractivity contribution in [1.82, 2.24) is 0 Å². The first kappa shape index (κ1) is 16.4. The third kappa shape index (κ3) is 4.46. The van der Waals surface area contributed by atoms with Crippen molar-refractivity contribution in [3.8, 4) is 0 Å². The molecule has 0 heterocycles. The summed E-state index contributed by atoms with van der Waals surface area (Å²) in [6, 6.07) is 3.61. The van der Waals surface area contributed by atoms with Crippen LogP contribution >= 0.6 is 11.6 Å². The van der Waals surface area contributed by atoms with E-state index in [1.165, 1.54) is 12.1 Å². The summed E-state index contributed by atoms with van der Waals surface area (Å²) in [6.07, 6.45) is 0.848. The highest BCUT2D eigenvalue weighted by molar-refractivity contribution is 6.33. The van der Waals surface area contributed by atoms with Crippen LogP contribution in [0.2, 0.25) is 5.02 Å². The summed E-state index contributed by atoms with van der Waals surface area (Å²) in [5.74, 6) is -1.66. The molecule has 0 aliphatic heterocycles. The summed E-state index contributed by atoms with van der Waals surface area (Å²) < 4.78 is 8.89. The van der Waals surface area contributed by atoms with Crippen LogP contribution < -0.4 is 5.32 Å². The largest absolute Gasteiger partial charge is 0.466 e. The SMILES string of the molecule is COC(=O)/C=C(\Nc1cc([N+](=O)[O-])ccc1Cl)C(=O)OC. The molecule has 0 amide bonds. The molecule has 21 heavy (non-hydrogen) atoms. The maximum Gasteiger partial charge on any atom is 0.354 e. The number of rotatable bonds is 5. The highest BCUT2D eigenvalue weighted by atomic mass is 35.5. The van der Waals surface area contributed by atoms with Gasteiger partial charge in [0.25, 0.3) is 5.69 Å². The Morgan fingerprint density at radius 2 is 2.00 bits per heavy atom. The summed E-state index contributed by atoms with van der Waals surface area (Å²) >= 11 is 5.88. The highest BCUT2D eigenvalue weighted by Crippen LogP contribution is 2.27. The molecule has 0 aliphatic rings. The number of nitro benzene ring substituents is 1. The van der Waals surface area contributed by atoms with E-state index < -0.39 is 16.9 Å². The number of carbonyl (C=O) groups excluding carboxylic acids is 2. The third-order valence-corrected chi connectivity index (χ3v) is 2.63. The number of carbonyl (C=O) groups is 2. The first-order valence-corrected chi connectivity index (χ1v) is 5.85. The maximum absolute atomic E-state index is 11.6. The van der Waals surface area contributed by atoms with Gasteiger partial charge in [0.15, 0.2) is 0 Å². The molecule has 0 fully saturated rings. The molecule has 0 saturated carbocycles. The Balaban J connectivity index is 3.17. The van der Waals surface area contributed by atoms with Gasteiger partial charge in [-0.05, 0) is 6.07 Å². The lowest BCUT2D eigenvalue weighted by atomic mass is 10.2. The zero-order chi connectivity index (χ0) is 16.0. The number of nitrogens with zero attached hydrogens (tertiary/aromatic N) is 1. The van der Waals surface area contributed by atoms with Gasteiger partial charge in [0, 0.05) is 12.1 Å². The predicted molar refractivity (Wildman–Crippen MR) is 73.8 cm³/mol. The molecule has 0 saturated heterocycles. The Kier molecular flexibility index (Phi) is 5.67. The quantitative estimate of drug-likeness (QED) is 0.382. The fraction of sp³-hybridized carbons (Fsp3) is 0.167. The fourth-order valence-corrected chi connectivity index (χ4v) is 1.47. The molecule has 9 heteroatoms. The molecule has 0 atom stereocenters. The van der Waals surface area contributed by atoms with Crippen molar-refractivity contribution < 1.29 is 24.0 Å². The van der Waals surface area contributed by atoms with E-state index in [1.54, 1.807) is 0 Å². The second kappa shape index (κ2) is 7.25. The normalized spacial score (nSPS) is 10.7. The van der Waals surface area contributed by atoms with Gasteiger partial charge in [0.2, 0.25) is 0 Å². The van der Waals surface area contributed by atoms with E-state index in [2.05, 4.69) is 14.8 Å². The molecule has 0 bridgehead atoms. The second-order valence-corrected chi connectivity index (χ2v) is 4.03. The first-order chi connectivity index (χ1) is 9.88. The van der Waals surface area contributed by atoms with Gasteiger partial charge >= 0.3 is 11.9 Å². The van der Waals surface area contributed by atoms with Gasteiger partial charge in [-0.3, -0.25) is 10.1 Å². The number of esters is 2. The van der Waals surface area contributed by atoms with Gasteiger partial charge in [-0.1, -0.05) is 11.6 Å². The van der Waals surface area contributed by atoms with E-state index in [9.17, 15) is 19.7 Å². The lowest BCUT2D eigenvalue weighted by molar-refractivity contribution is -0.384. The molecular formula is C12H11ClN2O6. The van der Waals surface area contributed by atoms with Crippen molar-refractivity contribution >= 4 is 34.9 Å². The van der Waals surface area contributed by atoms with Crippen LogP contribution in [0.25, 0.3) is 0 Å². The molecule has 0 aliphatic carbocycles. The summed E-state index contributed by atoms with van der Waals surface area (Å²) in [5, 5.41) is 13.4. The summed E-state index contributed by atoms with van der Waals surface area (Å²) in [5.41, 5.74) is -0.428. The molecule has 0 aromatic heterocycles. The molecule has 8 nitrogen and oxygen atoms in total. The monoisotopic (exact) mass is 314 g/mol. The molecule has 1 aromatic carbocycles. The average molecular weight is 315 g/mol. The smallest absolute Gasteiger partial charge is 0.354 e. The van der Waals surface area contributed by atoms with Gasteiger partial charge in [-0.2, -0.15) is 0 Å². The Morgan fingerprint density at radius 1 is 1.33 bits per heavy atom. The van der Waals surface area contributed by atoms with E-state index in [4.69, 9.17) is 11.6 Å². The van der Waals surface area contributed by atoms with Crippen molar-refractivity contribution in [2.75, 3.05) is 19.5 Å². The van der Waals surface area contributed by atoms with E-state index in [0.717, 1.165) is 26.4 Å². The van der Waals surface area contributed by atoms with Gasteiger partial charge in [0.05, 0.1) is 35.9 Å². The Morgan fingerprint density at radius 3 is 2.52 bits per heavy atom. The van der Waals surface area contributed by atoms with E-state index in [0.29, 0.717) is 0 Å². The zero-order valence-electron chi connectivity index (χ0n) is 11.1. The minimum absolute atomic E-state index is 0.0754. The molecule has 112 valence electrons. The van der Waals surface area contributed by atoms with Crippen molar-refractivity contribution in [1.29, 1.82) is 0 Å². The van der Waals surface area contributed by atoms with Crippen LogP contribution in [0.5, 0.6) is 0 Å². The molecule has 1 rings (SSSR count). The van der Waals surface area contributed by atoms with Gasteiger partial charge in [0.1, 0.15) is 5.70 Å². The second-order valence-electron chi connectivity index (χ2n) is 3.62. The number of methoxy groups -OCH3 is 2. The van der Waals surface area contributed by atoms with Crippen LogP contribution in [0.15, 0.2) is 30.0 Å². The lowest BCUT2D eigenvalue weighted by Crippen LogP contribution is -2.15. The number of halogens is 1. The first-order valence-electron chi connectivity index (χ1n) is 5.48. The topological polar surface area (TPSA) is 108 Å². The molecule has 1 aromatic rings. The van der Waals surface area contributed by atoms with Crippen LogP contribution in [0.3, 0.4) is 0 Å². The standard InChI is InChI=1S/C12H11ClN2O6/c1-20-11(16)6-10(12(17)21-2)14-9-5-7(15(18)19)3-4-8(9)13/h3-6,14H,1-2H3/b10-6-. The van der Waals surface area contributed by atoms with E-state index >= 15 is 0 Å². The lowest BCUT2D eigenvalue weighted by Gasteiger charge is -2.10. The van der Waals surface area contributed by atoms with Crippen molar-refractivity contribution in [3.05, 3.63) is 45.1 Å². The summed E-state index contributed by atoms with van der Waals surface area (Å²) in [6.45, 7) is 0. The third-order valence-electron chi connectivity index (χ3n) is 2.30. The number of benzene rings is 1. The highest BCUT2D eigenvalue weighted by Gasteiger charge is 2.16. The zero-order valence-corrected chi connectivity index (χ0v) is 11.8. The van der Waals surface area contributed by atoms with Crippen LogP contribution in [0.1, 0.15) is 0 Å². The van der Waals surface area contributed by atoms with Gasteiger partial charge in [-0.15, -0.1) is 0 Å². The van der Waals surface area contributed by atoms with Gasteiger partial charge < -0.3 is 14.8 Å². The molecule has 0 unspecified atom stereocenters. The van der Waals surface area contributed by atoms with Crippen LogP contribution in [0.4, 0.5) is 11.4 Å². The number of hydrogen-bond acceptors (Lipinski definition) is 7. The van der Waals surface area contributed by atoms with Crippen LogP contribution in [-0.4, -0.2) is 31.1 Å². The number of hydrogen-bond donors (Lipinski definition) is 1. The Hall–Kier alpha value is -2.61. The number of nitrogens with one attached hydrogen (secondary N) is 1. The van der Waals surface area contributed by atoms with Crippen molar-refractivity contribution in [3.63, 3.8) is 0 Å². The number of ether oxygens (including phenoxy) is 2. The Labute approximate surface area is 124 Å². The fourth-order valence-electron chi connectivity index (χ4n) is 1.30. The maximum atomic E-state index is 11.6. The van der Waals surface area contributed by atoms with Gasteiger partial charge in [-0.25, -0.2) is 9.59 Å².